The van der Waals surface area contributed by atoms with E-state index in [-0.39, 0.29) is 0 Å². The molecule has 0 radical (unpaired) electrons. The molecule has 2 aliphatic heterocycles. The summed E-state index contributed by atoms with van der Waals surface area (Å²) in [5, 5.41) is 3.68. The number of aryl methyl sites for hydroxylation is 1. The molecule has 1 saturated heterocycles. The average molecular weight is 369 g/mol. The van der Waals surface area contributed by atoms with Gasteiger partial charge in [-0.25, -0.2) is 0 Å². The van der Waals surface area contributed by atoms with Crippen LogP contribution in [0.25, 0.3) is 32.9 Å². The number of hydrogen-bond acceptors (Lipinski definition) is 3. The fourth-order valence-electron chi connectivity index (χ4n) is 4.60. The molecule has 4 aromatic rings. The monoisotopic (exact) mass is 369 g/mol. The van der Waals surface area contributed by atoms with Crippen LogP contribution >= 0.6 is 0 Å². The maximum absolute atomic E-state index is 6.24. The molecule has 3 heterocycles. The Morgan fingerprint density at radius 2 is 1.68 bits per heavy atom. The highest BCUT2D eigenvalue weighted by Crippen LogP contribution is 2.46. The van der Waals surface area contributed by atoms with Crippen LogP contribution in [-0.4, -0.2) is 26.3 Å². The Balaban J connectivity index is 1.69. The van der Waals surface area contributed by atoms with E-state index in [0.717, 1.165) is 43.4 Å². The number of ether oxygens (including phenoxy) is 2. The van der Waals surface area contributed by atoms with E-state index in [1.807, 2.05) is 12.1 Å². The zero-order valence-electron chi connectivity index (χ0n) is 15.8. The van der Waals surface area contributed by atoms with Crippen molar-refractivity contribution < 1.29 is 14.0 Å². The highest BCUT2D eigenvalue weighted by atomic mass is 16.5. The normalized spacial score (nSPS) is 15.5. The molecule has 0 N–H and O–H groups in total. The third-order valence-corrected chi connectivity index (χ3v) is 5.97. The maximum Gasteiger partial charge on any atom is 0.228 e. The maximum atomic E-state index is 6.24. The summed E-state index contributed by atoms with van der Waals surface area (Å²) in [4.78, 5) is 2.41. The van der Waals surface area contributed by atoms with Gasteiger partial charge in [0.05, 0.1) is 29.5 Å². The van der Waals surface area contributed by atoms with Crippen LogP contribution in [0.15, 0.2) is 60.7 Å². The van der Waals surface area contributed by atoms with Gasteiger partial charge in [-0.1, -0.05) is 24.3 Å². The Bertz CT molecular complexity index is 1240. The van der Waals surface area contributed by atoms with E-state index >= 15 is 0 Å². The van der Waals surface area contributed by atoms with E-state index in [1.165, 1.54) is 33.1 Å². The van der Waals surface area contributed by atoms with Gasteiger partial charge in [-0.05, 0) is 30.3 Å². The first-order chi connectivity index (χ1) is 13.8. The number of rotatable bonds is 1. The third kappa shape index (κ3) is 2.18. The summed E-state index contributed by atoms with van der Waals surface area (Å²) in [7, 11) is 2.17. The van der Waals surface area contributed by atoms with E-state index in [1.54, 1.807) is 0 Å². The molecular formula is C24H21N2O2+. The number of morpholine rings is 1. The smallest absolute Gasteiger partial charge is 0.228 e. The third-order valence-electron chi connectivity index (χ3n) is 5.97. The van der Waals surface area contributed by atoms with Crippen molar-refractivity contribution in [3.8, 4) is 22.8 Å². The zero-order chi connectivity index (χ0) is 18.7. The molecule has 138 valence electrons. The number of pyridine rings is 1. The van der Waals surface area contributed by atoms with Gasteiger partial charge in [0.2, 0.25) is 11.2 Å². The van der Waals surface area contributed by atoms with Crippen LogP contribution in [0, 0.1) is 0 Å². The predicted octanol–water partition coefficient (Wildman–Crippen LogP) is 4.43. The first-order valence-electron chi connectivity index (χ1n) is 9.80. The average Bonchev–Trinajstić information content (AvgIpc) is 2.76. The largest absolute Gasteiger partial charge is 0.456 e. The lowest BCUT2D eigenvalue weighted by Gasteiger charge is -2.29. The Hall–Kier alpha value is -3.11. The van der Waals surface area contributed by atoms with Gasteiger partial charge in [-0.3, -0.25) is 0 Å². The van der Waals surface area contributed by atoms with Crippen molar-refractivity contribution in [2.24, 2.45) is 7.05 Å². The van der Waals surface area contributed by atoms with E-state index < -0.39 is 0 Å². The topological polar surface area (TPSA) is 25.6 Å². The van der Waals surface area contributed by atoms with Crippen LogP contribution in [0.1, 0.15) is 0 Å². The molecule has 0 bridgehead atoms. The molecule has 28 heavy (non-hydrogen) atoms. The number of benzene rings is 3. The van der Waals surface area contributed by atoms with Crippen molar-refractivity contribution in [2.45, 2.75) is 0 Å². The zero-order valence-corrected chi connectivity index (χ0v) is 15.8. The number of fused-ring (bicyclic) bond motifs is 4. The summed E-state index contributed by atoms with van der Waals surface area (Å²) < 4.78 is 14.1. The summed E-state index contributed by atoms with van der Waals surface area (Å²) in [6, 6.07) is 21.5. The minimum Gasteiger partial charge on any atom is -0.456 e. The minimum atomic E-state index is 0.793. The molecule has 0 saturated carbocycles. The van der Waals surface area contributed by atoms with Crippen molar-refractivity contribution in [2.75, 3.05) is 31.2 Å². The molecule has 4 nitrogen and oxygen atoms in total. The van der Waals surface area contributed by atoms with Gasteiger partial charge in [-0.2, -0.15) is 4.57 Å². The Labute approximate surface area is 163 Å². The molecule has 6 rings (SSSR count). The van der Waals surface area contributed by atoms with E-state index in [0.29, 0.717) is 0 Å². The number of anilines is 1. The molecule has 0 amide bonds. The van der Waals surface area contributed by atoms with Crippen molar-refractivity contribution in [3.63, 3.8) is 0 Å². The van der Waals surface area contributed by atoms with Crippen LogP contribution in [0.3, 0.4) is 0 Å². The lowest BCUT2D eigenvalue weighted by molar-refractivity contribution is -0.632. The van der Waals surface area contributed by atoms with Crippen molar-refractivity contribution in [3.05, 3.63) is 60.7 Å². The lowest BCUT2D eigenvalue weighted by Crippen LogP contribution is -2.37. The highest BCUT2D eigenvalue weighted by Gasteiger charge is 2.30. The van der Waals surface area contributed by atoms with Crippen LogP contribution in [0.4, 0.5) is 5.69 Å². The Kier molecular flexibility index (Phi) is 3.38. The molecular weight excluding hydrogens is 348 g/mol. The quantitative estimate of drug-likeness (QED) is 0.323. The molecule has 2 aliphatic rings. The van der Waals surface area contributed by atoms with Crippen molar-refractivity contribution in [1.82, 2.24) is 0 Å². The lowest BCUT2D eigenvalue weighted by atomic mass is 9.96. The second kappa shape index (κ2) is 5.94. The summed E-state index contributed by atoms with van der Waals surface area (Å²) in [6.07, 6.45) is 0. The van der Waals surface area contributed by atoms with Crippen molar-refractivity contribution >= 4 is 27.4 Å². The van der Waals surface area contributed by atoms with Gasteiger partial charge in [0.15, 0.2) is 0 Å². The van der Waals surface area contributed by atoms with Crippen LogP contribution in [0.2, 0.25) is 0 Å². The fraction of sp³-hybridized carbons (Fsp3) is 0.208. The Morgan fingerprint density at radius 3 is 2.57 bits per heavy atom. The Morgan fingerprint density at radius 1 is 0.857 bits per heavy atom. The molecule has 1 fully saturated rings. The first-order valence-corrected chi connectivity index (χ1v) is 9.80. The minimum absolute atomic E-state index is 0.793. The van der Waals surface area contributed by atoms with Gasteiger partial charge in [0.25, 0.3) is 0 Å². The van der Waals surface area contributed by atoms with Crippen LogP contribution < -0.4 is 14.2 Å². The second-order valence-corrected chi connectivity index (χ2v) is 7.49. The first kappa shape index (κ1) is 15.9. The second-order valence-electron chi connectivity index (χ2n) is 7.49. The van der Waals surface area contributed by atoms with Gasteiger partial charge < -0.3 is 14.4 Å². The SMILES string of the molecule is C[n+]1c2c3c(cccc3c3ccc(N4CCOCC4)cc31)Oc1ccccc1-2. The molecule has 0 atom stereocenters. The van der Waals surface area contributed by atoms with Gasteiger partial charge in [0, 0.05) is 30.2 Å². The number of nitrogens with zero attached hydrogens (tertiary/aromatic N) is 2. The van der Waals surface area contributed by atoms with E-state index in [2.05, 4.69) is 65.0 Å². The summed E-state index contributed by atoms with van der Waals surface area (Å²) in [5.74, 6) is 1.85. The standard InChI is InChI=1S/C24H21N2O2/c1-25-20-15-16(26-11-13-27-14-12-26)9-10-17(20)18-6-4-8-22-23(18)24(25)19-5-2-3-7-21(19)28-22/h2-10,15H,11-14H2,1H3/q+1. The highest BCUT2D eigenvalue weighted by molar-refractivity contribution is 6.13. The molecule has 3 aromatic carbocycles. The van der Waals surface area contributed by atoms with E-state index in [9.17, 15) is 0 Å². The number of aromatic nitrogens is 1. The molecule has 1 aromatic heterocycles. The molecule has 0 unspecified atom stereocenters. The fourth-order valence-corrected chi connectivity index (χ4v) is 4.60. The van der Waals surface area contributed by atoms with Gasteiger partial charge >= 0.3 is 0 Å². The summed E-state index contributed by atoms with van der Waals surface area (Å²) >= 11 is 0. The molecule has 4 heteroatoms. The summed E-state index contributed by atoms with van der Waals surface area (Å²) in [6.45, 7) is 3.47. The molecule has 0 spiro atoms. The number of hydrogen-bond donors (Lipinski definition) is 0. The van der Waals surface area contributed by atoms with Crippen LogP contribution in [-0.2, 0) is 11.8 Å². The predicted molar refractivity (Wildman–Crippen MR) is 111 cm³/mol. The van der Waals surface area contributed by atoms with E-state index in [4.69, 9.17) is 9.47 Å². The molecule has 0 aliphatic carbocycles. The number of para-hydroxylation sites is 1. The van der Waals surface area contributed by atoms with Gasteiger partial charge in [-0.15, -0.1) is 0 Å². The van der Waals surface area contributed by atoms with Crippen LogP contribution in [0.5, 0.6) is 11.5 Å². The van der Waals surface area contributed by atoms with Gasteiger partial charge in [0.1, 0.15) is 18.5 Å². The van der Waals surface area contributed by atoms with Crippen molar-refractivity contribution in [1.29, 1.82) is 0 Å². The summed E-state index contributed by atoms with van der Waals surface area (Å²) in [5.41, 5.74) is 4.86.